The van der Waals surface area contributed by atoms with Crippen LogP contribution in [0.15, 0.2) is 94.8 Å². The van der Waals surface area contributed by atoms with Gasteiger partial charge in [-0.15, -0.1) is 0 Å². The smallest absolute Gasteiger partial charge is 0.279 e. The molecule has 0 aliphatic rings. The van der Waals surface area contributed by atoms with Crippen LogP contribution in [0.25, 0.3) is 10.9 Å². The van der Waals surface area contributed by atoms with Crippen LogP contribution in [0.3, 0.4) is 0 Å². The van der Waals surface area contributed by atoms with E-state index in [2.05, 4.69) is 9.98 Å². The maximum atomic E-state index is 12.9. The Hall–Kier alpha value is -3.73. The summed E-state index contributed by atoms with van der Waals surface area (Å²) >= 11 is 0. The second-order valence-corrected chi connectivity index (χ2v) is 6.18. The highest BCUT2D eigenvalue weighted by Crippen LogP contribution is 2.15. The minimum absolute atomic E-state index is 0.296. The Labute approximate surface area is 155 Å². The standard InChI is InChI=1S/C22H17N3O2/c26-21-14-18(17-10-4-5-11-19(17)23-21)22(27)24-20-12-6-7-13-25(20)15-16-8-2-1-3-9-16/h1-14H,15H2,(H,23,26). The third kappa shape index (κ3) is 3.62. The first-order valence-electron chi connectivity index (χ1n) is 8.61. The van der Waals surface area contributed by atoms with Gasteiger partial charge in [-0.25, -0.2) is 0 Å². The van der Waals surface area contributed by atoms with E-state index in [4.69, 9.17) is 0 Å². The molecule has 5 nitrogen and oxygen atoms in total. The number of carbonyl (C=O) groups excluding carboxylic acids is 1. The largest absolute Gasteiger partial charge is 0.328 e. The second kappa shape index (κ2) is 7.25. The molecule has 2 aromatic heterocycles. The monoisotopic (exact) mass is 355 g/mol. The second-order valence-electron chi connectivity index (χ2n) is 6.18. The molecule has 0 aliphatic heterocycles. The van der Waals surface area contributed by atoms with Crippen LogP contribution < -0.4 is 11.0 Å². The van der Waals surface area contributed by atoms with Gasteiger partial charge in [0.15, 0.2) is 0 Å². The third-order valence-electron chi connectivity index (χ3n) is 4.31. The number of amides is 1. The van der Waals surface area contributed by atoms with E-state index in [1.54, 1.807) is 18.2 Å². The van der Waals surface area contributed by atoms with Crippen LogP contribution in [0.5, 0.6) is 0 Å². The lowest BCUT2D eigenvalue weighted by Crippen LogP contribution is -2.22. The fourth-order valence-corrected chi connectivity index (χ4v) is 3.03. The summed E-state index contributed by atoms with van der Waals surface area (Å²) in [6.45, 7) is 0.601. The van der Waals surface area contributed by atoms with Gasteiger partial charge in [0.1, 0.15) is 5.49 Å². The van der Waals surface area contributed by atoms with Crippen LogP contribution in [0.2, 0.25) is 0 Å². The first kappa shape index (κ1) is 16.7. The van der Waals surface area contributed by atoms with Gasteiger partial charge in [0.25, 0.3) is 5.91 Å². The van der Waals surface area contributed by atoms with E-state index in [-0.39, 0.29) is 5.56 Å². The molecule has 27 heavy (non-hydrogen) atoms. The molecule has 2 heterocycles. The average molecular weight is 355 g/mol. The number of rotatable bonds is 3. The van der Waals surface area contributed by atoms with Gasteiger partial charge in [-0.1, -0.05) is 54.6 Å². The van der Waals surface area contributed by atoms with Gasteiger partial charge >= 0.3 is 0 Å². The minimum atomic E-state index is -0.440. The van der Waals surface area contributed by atoms with Crippen molar-refractivity contribution < 1.29 is 4.79 Å². The molecule has 132 valence electrons. The Balaban J connectivity index is 1.79. The van der Waals surface area contributed by atoms with Crippen LogP contribution in [0.4, 0.5) is 0 Å². The molecule has 0 aliphatic carbocycles. The highest BCUT2D eigenvalue weighted by molar-refractivity contribution is 6.06. The van der Waals surface area contributed by atoms with Crippen molar-refractivity contribution in [2.75, 3.05) is 0 Å². The number of carbonyl (C=O) groups is 1. The van der Waals surface area contributed by atoms with Crippen molar-refractivity contribution in [2.45, 2.75) is 6.54 Å². The molecule has 0 bridgehead atoms. The molecule has 2 aromatic carbocycles. The number of H-pyrrole nitrogens is 1. The predicted molar refractivity (Wildman–Crippen MR) is 104 cm³/mol. The zero-order valence-electron chi connectivity index (χ0n) is 14.5. The van der Waals surface area contributed by atoms with Crippen molar-refractivity contribution in [3.63, 3.8) is 0 Å². The highest BCUT2D eigenvalue weighted by atomic mass is 16.1. The number of nitrogens with one attached hydrogen (secondary N) is 1. The highest BCUT2D eigenvalue weighted by Gasteiger charge is 2.11. The van der Waals surface area contributed by atoms with Gasteiger partial charge in [-0.3, -0.25) is 9.59 Å². The van der Waals surface area contributed by atoms with Gasteiger partial charge in [0.05, 0.1) is 5.56 Å². The van der Waals surface area contributed by atoms with E-state index >= 15 is 0 Å². The van der Waals surface area contributed by atoms with E-state index in [0.717, 1.165) is 5.56 Å². The lowest BCUT2D eigenvalue weighted by atomic mass is 10.1. The Bertz CT molecular complexity index is 1240. The Morgan fingerprint density at radius 1 is 0.926 bits per heavy atom. The molecular weight excluding hydrogens is 338 g/mol. The summed E-state index contributed by atoms with van der Waals surface area (Å²) in [6, 6.07) is 24.0. The summed E-state index contributed by atoms with van der Waals surface area (Å²) in [5.74, 6) is -0.440. The van der Waals surface area contributed by atoms with Gasteiger partial charge in [0.2, 0.25) is 5.56 Å². The molecular formula is C22H17N3O2. The average Bonchev–Trinajstić information content (AvgIpc) is 2.69. The van der Waals surface area contributed by atoms with Gasteiger partial charge in [-0.2, -0.15) is 4.99 Å². The fraction of sp³-hybridized carbons (Fsp3) is 0.0455. The quantitative estimate of drug-likeness (QED) is 0.613. The summed E-state index contributed by atoms with van der Waals surface area (Å²) in [6.07, 6.45) is 1.88. The van der Waals surface area contributed by atoms with Crippen molar-refractivity contribution in [1.82, 2.24) is 9.55 Å². The normalized spacial score (nSPS) is 11.6. The number of para-hydroxylation sites is 1. The summed E-state index contributed by atoms with van der Waals surface area (Å²) < 4.78 is 1.91. The van der Waals surface area contributed by atoms with E-state index in [0.29, 0.717) is 28.5 Å². The maximum Gasteiger partial charge on any atom is 0.279 e. The van der Waals surface area contributed by atoms with Crippen molar-refractivity contribution in [2.24, 2.45) is 4.99 Å². The number of fused-ring (bicyclic) bond motifs is 1. The molecule has 0 saturated carbocycles. The molecule has 5 heteroatoms. The topological polar surface area (TPSA) is 67.2 Å². The third-order valence-corrected chi connectivity index (χ3v) is 4.31. The SMILES string of the molecule is O=C(N=c1ccccn1Cc1ccccc1)c1cc(=O)[nH]c2ccccc12. The number of hydrogen-bond acceptors (Lipinski definition) is 2. The Morgan fingerprint density at radius 2 is 1.67 bits per heavy atom. The van der Waals surface area contributed by atoms with Crippen LogP contribution in [-0.4, -0.2) is 15.5 Å². The molecule has 1 N–H and O–H groups in total. The molecule has 0 spiro atoms. The Morgan fingerprint density at radius 3 is 2.52 bits per heavy atom. The number of benzene rings is 2. The van der Waals surface area contributed by atoms with E-state index in [1.165, 1.54) is 6.07 Å². The minimum Gasteiger partial charge on any atom is -0.328 e. The van der Waals surface area contributed by atoms with Crippen LogP contribution in [0.1, 0.15) is 15.9 Å². The van der Waals surface area contributed by atoms with Crippen molar-refractivity contribution in [3.05, 3.63) is 112 Å². The Kier molecular flexibility index (Phi) is 4.49. The van der Waals surface area contributed by atoms with Crippen LogP contribution in [0, 0.1) is 0 Å². The maximum absolute atomic E-state index is 12.9. The lowest BCUT2D eigenvalue weighted by Gasteiger charge is -2.07. The summed E-state index contributed by atoms with van der Waals surface area (Å²) in [4.78, 5) is 31.8. The lowest BCUT2D eigenvalue weighted by molar-refractivity contribution is 0.0998. The fourth-order valence-electron chi connectivity index (χ4n) is 3.03. The van der Waals surface area contributed by atoms with Crippen molar-refractivity contribution in [1.29, 1.82) is 0 Å². The van der Waals surface area contributed by atoms with E-state index in [9.17, 15) is 9.59 Å². The molecule has 4 aromatic rings. The molecule has 1 amide bonds. The molecule has 0 saturated heterocycles. The van der Waals surface area contributed by atoms with Gasteiger partial charge < -0.3 is 9.55 Å². The van der Waals surface area contributed by atoms with Crippen LogP contribution >= 0.6 is 0 Å². The number of aromatic amines is 1. The first-order valence-corrected chi connectivity index (χ1v) is 8.61. The summed E-state index contributed by atoms with van der Waals surface area (Å²) in [5, 5.41) is 0.677. The zero-order chi connectivity index (χ0) is 18.6. The molecule has 4 rings (SSSR count). The zero-order valence-corrected chi connectivity index (χ0v) is 14.5. The van der Waals surface area contributed by atoms with Gasteiger partial charge in [0, 0.05) is 29.7 Å². The first-order chi connectivity index (χ1) is 13.2. The molecule has 0 radical (unpaired) electrons. The van der Waals surface area contributed by atoms with E-state index < -0.39 is 5.91 Å². The summed E-state index contributed by atoms with van der Waals surface area (Å²) in [7, 11) is 0. The van der Waals surface area contributed by atoms with E-state index in [1.807, 2.05) is 65.4 Å². The number of aromatic nitrogens is 2. The molecule has 0 unspecified atom stereocenters. The van der Waals surface area contributed by atoms with Crippen molar-refractivity contribution >= 4 is 16.8 Å². The van der Waals surface area contributed by atoms with Gasteiger partial charge in [-0.05, 0) is 23.8 Å². The summed E-state index contributed by atoms with van der Waals surface area (Å²) in [5.41, 5.74) is 2.24. The molecule has 0 fully saturated rings. The van der Waals surface area contributed by atoms with Crippen molar-refractivity contribution in [3.8, 4) is 0 Å². The molecule has 0 atom stereocenters. The van der Waals surface area contributed by atoms with Crippen LogP contribution in [-0.2, 0) is 6.54 Å². The predicted octanol–water partition coefficient (Wildman–Crippen LogP) is 3.12. The number of pyridine rings is 2. The number of nitrogens with zero attached hydrogens (tertiary/aromatic N) is 2. The number of hydrogen-bond donors (Lipinski definition) is 1.